The van der Waals surface area contributed by atoms with Gasteiger partial charge in [-0.3, -0.25) is 4.79 Å². The summed E-state index contributed by atoms with van der Waals surface area (Å²) < 4.78 is 0. The van der Waals surface area contributed by atoms with E-state index in [9.17, 15) is 4.79 Å². The molecule has 1 nitrogen and oxygen atoms in total. The maximum Gasteiger partial charge on any atom is 0.145 e. The van der Waals surface area contributed by atoms with E-state index in [2.05, 4.69) is 0 Å². The molecule has 1 saturated heterocycles. The highest BCUT2D eigenvalue weighted by molar-refractivity contribution is 8.00. The van der Waals surface area contributed by atoms with Crippen LogP contribution >= 0.6 is 11.8 Å². The number of rotatable bonds is 2. The minimum Gasteiger partial charge on any atom is -0.298 e. The van der Waals surface area contributed by atoms with Crippen LogP contribution in [-0.4, -0.2) is 16.8 Å². The Morgan fingerprint density at radius 2 is 2.40 bits per heavy atom. The third kappa shape index (κ3) is 2.01. The largest absolute Gasteiger partial charge is 0.298 e. The molecule has 0 spiro atoms. The van der Waals surface area contributed by atoms with Crippen molar-refractivity contribution in [1.82, 2.24) is 0 Å². The molecule has 1 unspecified atom stereocenters. The van der Waals surface area contributed by atoms with Gasteiger partial charge in [0.25, 0.3) is 0 Å². The summed E-state index contributed by atoms with van der Waals surface area (Å²) in [6, 6.07) is 0. The third-order valence-corrected chi connectivity index (χ3v) is 3.31. The summed E-state index contributed by atoms with van der Waals surface area (Å²) in [5.74, 6) is 1.64. The molecule has 1 heterocycles. The van der Waals surface area contributed by atoms with E-state index in [1.807, 2.05) is 18.7 Å². The smallest absolute Gasteiger partial charge is 0.145 e. The van der Waals surface area contributed by atoms with Crippen molar-refractivity contribution in [3.63, 3.8) is 0 Å². The monoisotopic (exact) mass is 158 g/mol. The van der Waals surface area contributed by atoms with Crippen molar-refractivity contribution < 1.29 is 4.79 Å². The van der Waals surface area contributed by atoms with E-state index < -0.39 is 0 Å². The number of Topliss-reactive ketones (excluding diaryl/α,β-unsaturated/α-hetero) is 1. The molecule has 0 bridgehead atoms. The van der Waals surface area contributed by atoms with Crippen LogP contribution < -0.4 is 0 Å². The molecule has 2 heteroatoms. The zero-order valence-corrected chi connectivity index (χ0v) is 7.25. The summed E-state index contributed by atoms with van der Waals surface area (Å²) in [4.78, 5) is 11.1. The van der Waals surface area contributed by atoms with Crippen molar-refractivity contribution in [2.45, 2.75) is 37.9 Å². The van der Waals surface area contributed by atoms with Crippen LogP contribution in [0.3, 0.4) is 0 Å². The molecule has 0 aromatic heterocycles. The van der Waals surface area contributed by atoms with E-state index in [4.69, 9.17) is 0 Å². The van der Waals surface area contributed by atoms with Gasteiger partial charge < -0.3 is 0 Å². The van der Waals surface area contributed by atoms with Gasteiger partial charge in [-0.05, 0) is 18.6 Å². The molecule has 58 valence electrons. The molecule has 0 aromatic rings. The lowest BCUT2D eigenvalue weighted by atomic mass is 10.1. The van der Waals surface area contributed by atoms with Crippen LogP contribution in [0, 0.1) is 0 Å². The highest BCUT2D eigenvalue weighted by atomic mass is 32.2. The lowest BCUT2D eigenvalue weighted by Crippen LogP contribution is -2.19. The van der Waals surface area contributed by atoms with Gasteiger partial charge in [-0.1, -0.05) is 13.3 Å². The van der Waals surface area contributed by atoms with E-state index in [1.54, 1.807) is 0 Å². The van der Waals surface area contributed by atoms with E-state index in [-0.39, 0.29) is 0 Å². The second-order valence-corrected chi connectivity index (χ2v) is 3.99. The third-order valence-electron chi connectivity index (χ3n) is 1.89. The normalized spacial score (nSPS) is 26.3. The Balaban J connectivity index is 2.31. The number of ketones is 1. The Morgan fingerprint density at radius 3 is 2.90 bits per heavy atom. The first-order valence-electron chi connectivity index (χ1n) is 3.99. The molecule has 1 aliphatic rings. The quantitative estimate of drug-likeness (QED) is 0.613. The van der Waals surface area contributed by atoms with Crippen molar-refractivity contribution in [3.05, 3.63) is 0 Å². The average Bonchev–Trinajstić information content (AvgIpc) is 2.05. The second kappa shape index (κ2) is 4.02. The van der Waals surface area contributed by atoms with Crippen molar-refractivity contribution in [3.8, 4) is 0 Å². The molecule has 10 heavy (non-hydrogen) atoms. The fraction of sp³-hybridized carbons (Fsp3) is 0.875. The Hall–Kier alpha value is 0.0200. The summed E-state index contributed by atoms with van der Waals surface area (Å²) in [5, 5.41) is 0.346. The number of carbonyl (C=O) groups is 1. The molecular weight excluding hydrogens is 144 g/mol. The Bertz CT molecular complexity index is 116. The first-order chi connectivity index (χ1) is 4.84. The highest BCUT2D eigenvalue weighted by Crippen LogP contribution is 2.26. The van der Waals surface area contributed by atoms with Crippen LogP contribution in [0.2, 0.25) is 0 Å². The molecule has 0 aliphatic carbocycles. The SMILES string of the molecule is CCC(=O)C1CCCCS1. The summed E-state index contributed by atoms with van der Waals surface area (Å²) in [5.41, 5.74) is 0. The Morgan fingerprint density at radius 1 is 1.60 bits per heavy atom. The van der Waals surface area contributed by atoms with Gasteiger partial charge in [-0.15, -0.1) is 0 Å². The number of thioether (sulfide) groups is 1. The predicted molar refractivity (Wildman–Crippen MR) is 45.4 cm³/mol. The first kappa shape index (κ1) is 8.12. The topological polar surface area (TPSA) is 17.1 Å². The van der Waals surface area contributed by atoms with Crippen molar-refractivity contribution in [2.75, 3.05) is 5.75 Å². The lowest BCUT2D eigenvalue weighted by Gasteiger charge is -2.18. The number of carbonyl (C=O) groups excluding carboxylic acids is 1. The standard InChI is InChI=1S/C8H14OS/c1-2-7(9)8-5-3-4-6-10-8/h8H,2-6H2,1H3. The van der Waals surface area contributed by atoms with Gasteiger partial charge in [0.1, 0.15) is 5.78 Å². The van der Waals surface area contributed by atoms with Gasteiger partial charge in [0.2, 0.25) is 0 Å². The molecule has 0 saturated carbocycles. The van der Waals surface area contributed by atoms with Gasteiger partial charge >= 0.3 is 0 Å². The van der Waals surface area contributed by atoms with E-state index in [0.717, 1.165) is 12.8 Å². The summed E-state index contributed by atoms with van der Waals surface area (Å²) >= 11 is 1.85. The van der Waals surface area contributed by atoms with Gasteiger partial charge in [0, 0.05) is 6.42 Å². The molecule has 0 aromatic carbocycles. The van der Waals surface area contributed by atoms with Crippen molar-refractivity contribution in [1.29, 1.82) is 0 Å². The minimum absolute atomic E-state index is 0.346. The fourth-order valence-corrected chi connectivity index (χ4v) is 2.56. The van der Waals surface area contributed by atoms with Gasteiger partial charge in [-0.2, -0.15) is 11.8 Å². The van der Waals surface area contributed by atoms with Gasteiger partial charge in [-0.25, -0.2) is 0 Å². The van der Waals surface area contributed by atoms with E-state index in [1.165, 1.54) is 18.6 Å². The average molecular weight is 158 g/mol. The summed E-state index contributed by atoms with van der Waals surface area (Å²) in [7, 11) is 0. The van der Waals surface area contributed by atoms with Crippen molar-refractivity contribution >= 4 is 17.5 Å². The van der Waals surface area contributed by atoms with Crippen LogP contribution in [0.25, 0.3) is 0 Å². The number of hydrogen-bond acceptors (Lipinski definition) is 2. The zero-order valence-electron chi connectivity index (χ0n) is 6.43. The molecule has 1 rings (SSSR count). The van der Waals surface area contributed by atoms with E-state index >= 15 is 0 Å². The second-order valence-electron chi connectivity index (χ2n) is 2.68. The Labute approximate surface area is 66.6 Å². The molecular formula is C8H14OS. The van der Waals surface area contributed by atoms with Crippen LogP contribution in [-0.2, 0) is 4.79 Å². The molecule has 1 atom stereocenters. The van der Waals surface area contributed by atoms with E-state index in [0.29, 0.717) is 11.0 Å². The molecule has 0 radical (unpaired) electrons. The molecule has 0 N–H and O–H groups in total. The number of hydrogen-bond donors (Lipinski definition) is 0. The molecule has 0 amide bonds. The lowest BCUT2D eigenvalue weighted by molar-refractivity contribution is -0.118. The van der Waals surface area contributed by atoms with Crippen LogP contribution in [0.5, 0.6) is 0 Å². The maximum atomic E-state index is 11.1. The molecule has 1 fully saturated rings. The highest BCUT2D eigenvalue weighted by Gasteiger charge is 2.19. The van der Waals surface area contributed by atoms with Gasteiger partial charge in [0.15, 0.2) is 0 Å². The van der Waals surface area contributed by atoms with Crippen LogP contribution in [0.1, 0.15) is 32.6 Å². The summed E-state index contributed by atoms with van der Waals surface area (Å²) in [6.07, 6.45) is 4.40. The van der Waals surface area contributed by atoms with Crippen LogP contribution in [0.15, 0.2) is 0 Å². The Kier molecular flexibility index (Phi) is 3.26. The minimum atomic E-state index is 0.346. The first-order valence-corrected chi connectivity index (χ1v) is 5.03. The summed E-state index contributed by atoms with van der Waals surface area (Å²) in [6.45, 7) is 1.96. The zero-order chi connectivity index (χ0) is 7.40. The fourth-order valence-electron chi connectivity index (χ4n) is 1.22. The van der Waals surface area contributed by atoms with Crippen LogP contribution in [0.4, 0.5) is 0 Å². The predicted octanol–water partition coefficient (Wildman–Crippen LogP) is 2.25. The maximum absolute atomic E-state index is 11.1. The molecule has 1 aliphatic heterocycles. The van der Waals surface area contributed by atoms with Crippen molar-refractivity contribution in [2.24, 2.45) is 0 Å². The van der Waals surface area contributed by atoms with Gasteiger partial charge in [0.05, 0.1) is 5.25 Å².